The molecule has 0 saturated carbocycles. The van der Waals surface area contributed by atoms with Gasteiger partial charge in [-0.05, 0) is 0 Å². The lowest BCUT2D eigenvalue weighted by Crippen LogP contribution is -2.27. The van der Waals surface area contributed by atoms with Crippen LogP contribution in [0, 0.1) is 0 Å². The Hall–Kier alpha value is 0.540. The maximum absolute atomic E-state index is 5.34. The van der Waals surface area contributed by atoms with Gasteiger partial charge in [0.1, 0.15) is 11.1 Å². The Bertz CT molecular complexity index is 44.8. The van der Waals surface area contributed by atoms with E-state index in [1.54, 1.807) is 0 Å². The van der Waals surface area contributed by atoms with Gasteiger partial charge in [0, 0.05) is 6.42 Å². The fourth-order valence-corrected chi connectivity index (χ4v) is 1.01. The molecule has 0 aromatic heterocycles. The van der Waals surface area contributed by atoms with E-state index in [1.165, 1.54) is 0 Å². The summed E-state index contributed by atoms with van der Waals surface area (Å²) < 4.78 is 4.67. The highest BCUT2D eigenvalue weighted by atomic mass is 35.5. The van der Waals surface area contributed by atoms with Crippen LogP contribution in [0.25, 0.3) is 0 Å². The zero-order chi connectivity index (χ0) is 4.57. The van der Waals surface area contributed by atoms with Gasteiger partial charge in [-0.3, -0.25) is 0 Å². The molecule has 1 fully saturated rings. The molecule has 36 valence electrons. The molecule has 0 bridgehead atoms. The summed E-state index contributed by atoms with van der Waals surface area (Å²) >= 11 is 10.7. The van der Waals surface area contributed by atoms with E-state index in [4.69, 9.17) is 23.2 Å². The van der Waals surface area contributed by atoms with Crippen LogP contribution >= 0.6 is 23.2 Å². The highest BCUT2D eigenvalue weighted by Gasteiger charge is 2.24. The number of hydrogen-bond acceptors (Lipinski definition) is 1. The van der Waals surface area contributed by atoms with Gasteiger partial charge in [0.25, 0.3) is 0 Å². The number of hydrogen-bond donors (Lipinski definition) is 0. The van der Waals surface area contributed by atoms with Crippen molar-refractivity contribution in [1.29, 1.82) is 0 Å². The molecule has 0 aliphatic carbocycles. The van der Waals surface area contributed by atoms with Gasteiger partial charge in [-0.2, -0.15) is 0 Å². The zero-order valence-electron chi connectivity index (χ0n) is 3.03. The van der Waals surface area contributed by atoms with Crippen LogP contribution in [0.5, 0.6) is 0 Å². The summed E-state index contributed by atoms with van der Waals surface area (Å²) in [7, 11) is 0. The van der Waals surface area contributed by atoms with Gasteiger partial charge in [-0.25, -0.2) is 0 Å². The molecule has 1 rings (SSSR count). The third-order valence-electron chi connectivity index (χ3n) is 0.666. The highest BCUT2D eigenvalue weighted by molar-refractivity contribution is 6.24. The summed E-state index contributed by atoms with van der Waals surface area (Å²) in [5.41, 5.74) is -0.236. The number of halogens is 2. The van der Waals surface area contributed by atoms with E-state index >= 15 is 0 Å². The summed E-state index contributed by atoms with van der Waals surface area (Å²) in [4.78, 5) is 0. The molecule has 2 unspecified atom stereocenters. The Labute approximate surface area is 46.2 Å². The van der Waals surface area contributed by atoms with Crippen molar-refractivity contribution in [3.8, 4) is 0 Å². The lowest BCUT2D eigenvalue weighted by molar-refractivity contribution is -0.0264. The third-order valence-corrected chi connectivity index (χ3v) is 1.23. The summed E-state index contributed by atoms with van der Waals surface area (Å²) in [6.07, 6.45) is 0.781. The second-order valence-electron chi connectivity index (χ2n) is 1.19. The minimum Gasteiger partial charge on any atom is -0.343 e. The van der Waals surface area contributed by atoms with Gasteiger partial charge in [0.05, 0.1) is 0 Å². The highest BCUT2D eigenvalue weighted by Crippen LogP contribution is 2.25. The number of ether oxygens (including phenoxy) is 1. The Morgan fingerprint density at radius 1 is 1.33 bits per heavy atom. The largest absolute Gasteiger partial charge is 0.343 e. The first kappa shape index (κ1) is 4.69. The van der Waals surface area contributed by atoms with Crippen molar-refractivity contribution in [2.75, 3.05) is 0 Å². The van der Waals surface area contributed by atoms with Gasteiger partial charge in [0.15, 0.2) is 0 Å². The Morgan fingerprint density at radius 3 is 1.67 bits per heavy atom. The standard InChI is InChI=1S/C3H4Cl2O/c4-2-1-3(5)6-2/h2-3H,1H2. The fraction of sp³-hybridized carbons (Fsp3) is 1.00. The van der Waals surface area contributed by atoms with Crippen LogP contribution < -0.4 is 0 Å². The van der Waals surface area contributed by atoms with Gasteiger partial charge in [0.2, 0.25) is 0 Å². The van der Waals surface area contributed by atoms with Crippen LogP contribution in [-0.2, 0) is 4.74 Å². The smallest absolute Gasteiger partial charge is 0.136 e. The van der Waals surface area contributed by atoms with Gasteiger partial charge < -0.3 is 4.74 Å². The molecule has 3 heteroatoms. The monoisotopic (exact) mass is 126 g/mol. The minimum atomic E-state index is -0.118. The molecule has 0 aromatic carbocycles. The summed E-state index contributed by atoms with van der Waals surface area (Å²) in [5, 5.41) is 0. The Kier molecular flexibility index (Phi) is 1.22. The Balaban J connectivity index is 2.11. The normalized spacial score (nSPS) is 45.0. The lowest BCUT2D eigenvalue weighted by atomic mass is 10.4. The second-order valence-corrected chi connectivity index (χ2v) is 2.17. The molecular weight excluding hydrogens is 123 g/mol. The topological polar surface area (TPSA) is 9.23 Å². The molecule has 6 heavy (non-hydrogen) atoms. The van der Waals surface area contributed by atoms with Crippen molar-refractivity contribution in [2.45, 2.75) is 17.5 Å². The molecule has 1 heterocycles. The molecule has 0 radical (unpaired) electrons. The van der Waals surface area contributed by atoms with E-state index in [0.29, 0.717) is 0 Å². The molecule has 0 aromatic rings. The minimum absolute atomic E-state index is 0.118. The summed E-state index contributed by atoms with van der Waals surface area (Å²) in [6, 6.07) is 0. The predicted molar refractivity (Wildman–Crippen MR) is 25.0 cm³/mol. The van der Waals surface area contributed by atoms with Crippen molar-refractivity contribution >= 4 is 23.2 Å². The molecule has 1 aliphatic heterocycles. The average molecular weight is 127 g/mol. The maximum Gasteiger partial charge on any atom is 0.136 e. The van der Waals surface area contributed by atoms with E-state index in [9.17, 15) is 0 Å². The first-order valence-corrected chi connectivity index (χ1v) is 2.60. The molecule has 2 atom stereocenters. The molecule has 1 saturated heterocycles. The molecule has 1 nitrogen and oxygen atoms in total. The van der Waals surface area contributed by atoms with Gasteiger partial charge in [-0.15, -0.1) is 0 Å². The van der Waals surface area contributed by atoms with Crippen LogP contribution in [0.4, 0.5) is 0 Å². The molecule has 0 amide bonds. The van der Waals surface area contributed by atoms with Crippen molar-refractivity contribution in [3.63, 3.8) is 0 Å². The maximum atomic E-state index is 5.34. The summed E-state index contributed by atoms with van der Waals surface area (Å²) in [6.45, 7) is 0. The van der Waals surface area contributed by atoms with Crippen molar-refractivity contribution in [1.82, 2.24) is 0 Å². The number of rotatable bonds is 0. The zero-order valence-corrected chi connectivity index (χ0v) is 4.54. The van der Waals surface area contributed by atoms with Crippen LogP contribution in [0.3, 0.4) is 0 Å². The first-order chi connectivity index (χ1) is 2.79. The molecule has 0 spiro atoms. The third kappa shape index (κ3) is 0.780. The van der Waals surface area contributed by atoms with Gasteiger partial charge >= 0.3 is 0 Å². The van der Waals surface area contributed by atoms with Crippen molar-refractivity contribution < 1.29 is 4.74 Å². The van der Waals surface area contributed by atoms with E-state index in [2.05, 4.69) is 4.74 Å². The fourth-order valence-electron chi connectivity index (χ4n) is 0.295. The second kappa shape index (κ2) is 1.57. The molecule has 1 aliphatic rings. The van der Waals surface area contributed by atoms with Crippen LogP contribution in [0.15, 0.2) is 0 Å². The quantitative estimate of drug-likeness (QED) is 0.448. The Morgan fingerprint density at radius 2 is 1.67 bits per heavy atom. The van der Waals surface area contributed by atoms with Crippen LogP contribution in [-0.4, -0.2) is 11.1 Å². The van der Waals surface area contributed by atoms with Crippen LogP contribution in [0.1, 0.15) is 6.42 Å². The van der Waals surface area contributed by atoms with E-state index in [-0.39, 0.29) is 11.1 Å². The predicted octanol–water partition coefficient (Wildman–Crippen LogP) is 1.54. The first-order valence-electron chi connectivity index (χ1n) is 1.72. The van der Waals surface area contributed by atoms with E-state index in [0.717, 1.165) is 6.42 Å². The van der Waals surface area contributed by atoms with Crippen molar-refractivity contribution in [3.05, 3.63) is 0 Å². The summed E-state index contributed by atoms with van der Waals surface area (Å²) in [5.74, 6) is 0. The van der Waals surface area contributed by atoms with Gasteiger partial charge in [-0.1, -0.05) is 23.2 Å². The van der Waals surface area contributed by atoms with E-state index < -0.39 is 0 Å². The van der Waals surface area contributed by atoms with E-state index in [1.807, 2.05) is 0 Å². The lowest BCUT2D eigenvalue weighted by Gasteiger charge is -2.25. The SMILES string of the molecule is ClC1CC(Cl)O1. The average Bonchev–Trinajstić information content (AvgIpc) is 1.33. The van der Waals surface area contributed by atoms with Crippen molar-refractivity contribution in [2.24, 2.45) is 0 Å². The molecular formula is C3H4Cl2O. The van der Waals surface area contributed by atoms with Crippen LogP contribution in [0.2, 0.25) is 0 Å². The number of alkyl halides is 2. The molecule has 0 N–H and O–H groups in total.